The van der Waals surface area contributed by atoms with Crippen molar-refractivity contribution in [2.45, 2.75) is 38.1 Å². The molecule has 4 aromatic rings. The summed E-state index contributed by atoms with van der Waals surface area (Å²) in [5.41, 5.74) is 1.92. The van der Waals surface area contributed by atoms with E-state index in [1.165, 1.54) is 22.4 Å². The van der Waals surface area contributed by atoms with E-state index in [1.54, 1.807) is 16.9 Å². The maximum absolute atomic E-state index is 13.1. The van der Waals surface area contributed by atoms with Crippen molar-refractivity contribution < 1.29 is 4.79 Å². The topological polar surface area (TPSA) is 104 Å². The number of carbonyl (C=O) groups is 1. The Morgan fingerprint density at radius 2 is 2.12 bits per heavy atom. The van der Waals surface area contributed by atoms with E-state index >= 15 is 0 Å². The van der Waals surface area contributed by atoms with Gasteiger partial charge in [-0.05, 0) is 42.9 Å². The summed E-state index contributed by atoms with van der Waals surface area (Å²) in [6.07, 6.45) is 6.96. The van der Waals surface area contributed by atoms with Crippen LogP contribution in [-0.4, -0.2) is 25.5 Å². The Bertz CT molecular complexity index is 1440. The molecule has 0 aliphatic heterocycles. The number of carbonyl (C=O) groups excluding carboxylic acids is 1. The number of hydrogen-bond donors (Lipinski definition) is 1. The van der Waals surface area contributed by atoms with Crippen molar-refractivity contribution in [3.05, 3.63) is 79.4 Å². The van der Waals surface area contributed by atoms with E-state index in [2.05, 4.69) is 15.1 Å². The number of thiophene rings is 1. The molecule has 0 radical (unpaired) electrons. The molecular formula is C23H18ClN5O2S. The van der Waals surface area contributed by atoms with Crippen LogP contribution < -0.4 is 5.56 Å². The quantitative estimate of drug-likeness (QED) is 0.445. The lowest BCUT2D eigenvalue weighted by Crippen LogP contribution is -2.19. The highest BCUT2D eigenvalue weighted by Crippen LogP contribution is 2.34. The zero-order valence-corrected chi connectivity index (χ0v) is 18.5. The van der Waals surface area contributed by atoms with Gasteiger partial charge in [-0.1, -0.05) is 29.8 Å². The Hall–Kier alpha value is -3.28. The van der Waals surface area contributed by atoms with E-state index in [-0.39, 0.29) is 16.9 Å². The molecule has 0 bridgehead atoms. The van der Waals surface area contributed by atoms with E-state index in [0.717, 1.165) is 36.8 Å². The fourth-order valence-electron chi connectivity index (χ4n) is 4.11. The minimum Gasteiger partial charge on any atom is -0.308 e. The smallest absolute Gasteiger partial charge is 0.259 e. The van der Waals surface area contributed by atoms with Gasteiger partial charge in [-0.25, -0.2) is 4.98 Å². The fraction of sp³-hybridized carbons (Fsp3) is 0.261. The van der Waals surface area contributed by atoms with Crippen molar-refractivity contribution in [1.29, 1.82) is 5.26 Å². The third-order valence-corrected chi connectivity index (χ3v) is 7.27. The lowest BCUT2D eigenvalue weighted by molar-refractivity contribution is 0.0976. The Labute approximate surface area is 192 Å². The second kappa shape index (κ2) is 8.34. The van der Waals surface area contributed by atoms with Crippen molar-refractivity contribution >= 4 is 38.9 Å². The summed E-state index contributed by atoms with van der Waals surface area (Å²) >= 11 is 7.69. The van der Waals surface area contributed by atoms with Gasteiger partial charge in [-0.15, -0.1) is 11.3 Å². The van der Waals surface area contributed by atoms with Gasteiger partial charge in [0.25, 0.3) is 5.56 Å². The Kier molecular flexibility index (Phi) is 5.37. The van der Waals surface area contributed by atoms with Crippen LogP contribution in [0.15, 0.2) is 41.5 Å². The molecule has 1 N–H and O–H groups in total. The molecule has 0 spiro atoms. The highest BCUT2D eigenvalue weighted by molar-refractivity contribution is 7.18. The zero-order chi connectivity index (χ0) is 22.2. The first kappa shape index (κ1) is 20.6. The van der Waals surface area contributed by atoms with Crippen LogP contribution in [0.2, 0.25) is 5.02 Å². The Balaban J connectivity index is 1.45. The molecule has 32 heavy (non-hydrogen) atoms. The Morgan fingerprint density at radius 1 is 1.31 bits per heavy atom. The molecule has 5 rings (SSSR count). The number of benzene rings is 1. The predicted molar refractivity (Wildman–Crippen MR) is 122 cm³/mol. The number of Topliss-reactive ketones (excluding diaryl/α,β-unsaturated/α-hetero) is 1. The van der Waals surface area contributed by atoms with E-state index in [4.69, 9.17) is 11.6 Å². The van der Waals surface area contributed by atoms with Crippen LogP contribution in [-0.2, 0) is 19.4 Å². The molecule has 0 fully saturated rings. The summed E-state index contributed by atoms with van der Waals surface area (Å²) in [5, 5.41) is 15.2. The average molecular weight is 464 g/mol. The predicted octanol–water partition coefficient (Wildman–Crippen LogP) is 4.25. The largest absolute Gasteiger partial charge is 0.308 e. The summed E-state index contributed by atoms with van der Waals surface area (Å²) in [4.78, 5) is 34.9. The van der Waals surface area contributed by atoms with Crippen molar-refractivity contribution in [2.75, 3.05) is 0 Å². The van der Waals surface area contributed by atoms with Crippen LogP contribution in [0.3, 0.4) is 0 Å². The first-order valence-corrected chi connectivity index (χ1v) is 11.5. The van der Waals surface area contributed by atoms with Crippen molar-refractivity contribution in [3.8, 4) is 6.07 Å². The van der Waals surface area contributed by atoms with Crippen LogP contribution >= 0.6 is 22.9 Å². The number of fused-ring (bicyclic) bond motifs is 3. The normalized spacial score (nSPS) is 14.1. The Morgan fingerprint density at radius 3 is 2.94 bits per heavy atom. The van der Waals surface area contributed by atoms with Crippen LogP contribution in [0.4, 0.5) is 0 Å². The minimum absolute atomic E-state index is 0.0763. The number of nitrogens with zero attached hydrogens (tertiary/aromatic N) is 4. The van der Waals surface area contributed by atoms with Crippen LogP contribution in [0.5, 0.6) is 0 Å². The summed E-state index contributed by atoms with van der Waals surface area (Å²) in [6.45, 7) is 0.395. The van der Waals surface area contributed by atoms with Gasteiger partial charge in [0.05, 0.1) is 29.8 Å². The molecule has 7 nitrogen and oxygen atoms in total. The molecule has 0 saturated heterocycles. The highest BCUT2D eigenvalue weighted by atomic mass is 35.5. The van der Waals surface area contributed by atoms with Gasteiger partial charge < -0.3 is 4.98 Å². The molecule has 9 heteroatoms. The minimum atomic E-state index is -1.22. The molecule has 1 atom stereocenters. The number of aryl methyl sites for hydroxylation is 2. The molecule has 1 unspecified atom stereocenters. The number of aromatic amines is 1. The number of halogens is 1. The van der Waals surface area contributed by atoms with Crippen LogP contribution in [0.1, 0.15) is 50.9 Å². The zero-order valence-electron chi connectivity index (χ0n) is 17.0. The molecule has 160 valence electrons. The average Bonchev–Trinajstić information content (AvgIpc) is 3.40. The SMILES string of the molecule is N#CC(C(=O)c1cnn(Cc2ccccc2Cl)c1)c1nc2sc3c(c2c(=O)[nH]1)CCCC3. The fourth-order valence-corrected chi connectivity index (χ4v) is 5.57. The van der Waals surface area contributed by atoms with Crippen molar-refractivity contribution in [2.24, 2.45) is 0 Å². The number of rotatable bonds is 5. The molecular weight excluding hydrogens is 446 g/mol. The monoisotopic (exact) mass is 463 g/mol. The van der Waals surface area contributed by atoms with Gasteiger partial charge in [0.1, 0.15) is 10.7 Å². The second-order valence-electron chi connectivity index (χ2n) is 7.79. The molecule has 1 aliphatic carbocycles. The third kappa shape index (κ3) is 3.64. The lowest BCUT2D eigenvalue weighted by atomic mass is 9.97. The van der Waals surface area contributed by atoms with E-state index < -0.39 is 11.7 Å². The van der Waals surface area contributed by atoms with Gasteiger partial charge in [0, 0.05) is 16.1 Å². The number of ketones is 1. The first-order chi connectivity index (χ1) is 15.5. The highest BCUT2D eigenvalue weighted by Gasteiger charge is 2.28. The molecule has 1 aromatic carbocycles. The summed E-state index contributed by atoms with van der Waals surface area (Å²) in [6, 6.07) is 9.40. The summed E-state index contributed by atoms with van der Waals surface area (Å²) in [7, 11) is 0. The summed E-state index contributed by atoms with van der Waals surface area (Å²) in [5.74, 6) is -1.60. The number of aromatic nitrogens is 4. The molecule has 0 saturated carbocycles. The molecule has 1 aliphatic rings. The van der Waals surface area contributed by atoms with Gasteiger partial charge in [-0.3, -0.25) is 14.3 Å². The van der Waals surface area contributed by atoms with Gasteiger partial charge in [0.15, 0.2) is 11.7 Å². The van der Waals surface area contributed by atoms with Crippen molar-refractivity contribution in [1.82, 2.24) is 19.7 Å². The van der Waals surface area contributed by atoms with Crippen LogP contribution in [0, 0.1) is 11.3 Å². The number of H-pyrrole nitrogens is 1. The van der Waals surface area contributed by atoms with Gasteiger partial charge in [-0.2, -0.15) is 10.4 Å². The first-order valence-electron chi connectivity index (χ1n) is 10.3. The number of nitriles is 1. The maximum atomic E-state index is 13.1. The maximum Gasteiger partial charge on any atom is 0.259 e. The number of hydrogen-bond acceptors (Lipinski definition) is 6. The third-order valence-electron chi connectivity index (χ3n) is 5.72. The van der Waals surface area contributed by atoms with Gasteiger partial charge >= 0.3 is 0 Å². The van der Waals surface area contributed by atoms with Crippen LogP contribution in [0.25, 0.3) is 10.2 Å². The van der Waals surface area contributed by atoms with E-state index in [1.807, 2.05) is 24.3 Å². The second-order valence-corrected chi connectivity index (χ2v) is 9.28. The lowest BCUT2D eigenvalue weighted by Gasteiger charge is -2.10. The standard InChI is InChI=1S/C23H18ClN5O2S/c24-17-7-3-1-5-13(17)11-29-12-14(10-26-29)20(30)16(9-25)21-27-22(31)19-15-6-2-4-8-18(15)32-23(19)28-21/h1,3,5,7,10,12,16H,2,4,6,8,11H2,(H,27,28,31). The molecule has 3 heterocycles. The molecule has 3 aromatic heterocycles. The van der Waals surface area contributed by atoms with Crippen molar-refractivity contribution in [3.63, 3.8) is 0 Å². The van der Waals surface area contributed by atoms with E-state index in [0.29, 0.717) is 21.8 Å². The van der Waals surface area contributed by atoms with Gasteiger partial charge in [0.2, 0.25) is 0 Å². The van der Waals surface area contributed by atoms with E-state index in [9.17, 15) is 14.9 Å². The number of nitrogens with one attached hydrogen (secondary N) is 1. The molecule has 0 amide bonds. The summed E-state index contributed by atoms with van der Waals surface area (Å²) < 4.78 is 1.59.